The van der Waals surface area contributed by atoms with E-state index >= 15 is 0 Å². The van der Waals surface area contributed by atoms with Gasteiger partial charge in [0.05, 0.1) is 13.1 Å². The Bertz CT molecular complexity index is 247. The summed E-state index contributed by atoms with van der Waals surface area (Å²) in [6, 6.07) is 0. The van der Waals surface area contributed by atoms with E-state index in [0.29, 0.717) is 0 Å². The molecule has 0 aromatic heterocycles. The van der Waals surface area contributed by atoms with Crippen LogP contribution in [0.2, 0.25) is 0 Å². The van der Waals surface area contributed by atoms with E-state index in [1.165, 1.54) is 11.4 Å². The summed E-state index contributed by atoms with van der Waals surface area (Å²) in [5.41, 5.74) is 2.35. The lowest BCUT2D eigenvalue weighted by Gasteiger charge is -2.08. The Morgan fingerprint density at radius 2 is 1.06 bits per heavy atom. The maximum atomic E-state index is 4.54. The second-order valence-corrected chi connectivity index (χ2v) is 4.66. The minimum atomic E-state index is 0.862. The van der Waals surface area contributed by atoms with Crippen LogP contribution in [0.5, 0.6) is 0 Å². The molecule has 1 aliphatic heterocycles. The Morgan fingerprint density at radius 1 is 0.667 bits per heavy atom. The number of aliphatic imine (C=N–C) groups is 2. The van der Waals surface area contributed by atoms with Gasteiger partial charge in [-0.15, -0.1) is 0 Å². The molecule has 0 saturated carbocycles. The minimum absolute atomic E-state index is 0.862. The molecule has 0 aliphatic carbocycles. The Hall–Kier alpha value is -0.780. The van der Waals surface area contributed by atoms with Crippen LogP contribution in [0.25, 0.3) is 0 Å². The van der Waals surface area contributed by atoms with E-state index in [4.69, 9.17) is 0 Å². The third kappa shape index (κ3) is 8.33. The van der Waals surface area contributed by atoms with E-state index in [0.717, 1.165) is 58.8 Å². The zero-order valence-corrected chi connectivity index (χ0v) is 11.8. The lowest BCUT2D eigenvalue weighted by atomic mass is 10.2. The first-order valence-electron chi connectivity index (χ1n) is 6.91. The van der Waals surface area contributed by atoms with Gasteiger partial charge < -0.3 is 16.0 Å². The minimum Gasteiger partial charge on any atom is -0.314 e. The third-order valence-corrected chi connectivity index (χ3v) is 2.81. The quantitative estimate of drug-likeness (QED) is 0.573. The van der Waals surface area contributed by atoms with Crippen LogP contribution < -0.4 is 16.0 Å². The highest BCUT2D eigenvalue weighted by atomic mass is 15.0. The molecule has 0 fully saturated rings. The Morgan fingerprint density at radius 3 is 1.50 bits per heavy atom. The number of rotatable bonds is 0. The molecule has 3 N–H and O–H groups in total. The van der Waals surface area contributed by atoms with Crippen molar-refractivity contribution >= 4 is 11.4 Å². The fourth-order valence-electron chi connectivity index (χ4n) is 1.86. The predicted molar refractivity (Wildman–Crippen MR) is 79.2 cm³/mol. The molecule has 0 spiro atoms. The Balaban J connectivity index is 2.37. The van der Waals surface area contributed by atoms with Gasteiger partial charge in [-0.05, 0) is 13.8 Å². The maximum Gasteiger partial charge on any atom is 0.0513 e. The first-order valence-corrected chi connectivity index (χ1v) is 6.91. The monoisotopic (exact) mass is 253 g/mol. The van der Waals surface area contributed by atoms with Crippen LogP contribution >= 0.6 is 0 Å². The molecule has 5 nitrogen and oxygen atoms in total. The largest absolute Gasteiger partial charge is 0.314 e. The molecule has 1 heterocycles. The summed E-state index contributed by atoms with van der Waals surface area (Å²) in [6.45, 7) is 11.8. The normalized spacial score (nSPS) is 22.1. The molecule has 0 aromatic carbocycles. The predicted octanol–water partition coefficient (Wildman–Crippen LogP) is 0.0807. The summed E-state index contributed by atoms with van der Waals surface area (Å²) in [6.07, 6.45) is 0.904. The molecule has 0 unspecified atom stereocenters. The van der Waals surface area contributed by atoms with Crippen LogP contribution in [-0.2, 0) is 0 Å². The Labute approximate surface area is 111 Å². The molecule has 1 aliphatic rings. The van der Waals surface area contributed by atoms with Crippen LogP contribution in [0, 0.1) is 0 Å². The molecule has 0 atom stereocenters. The third-order valence-electron chi connectivity index (χ3n) is 2.81. The molecule has 5 heteroatoms. The lowest BCUT2D eigenvalue weighted by molar-refractivity contribution is 0.585. The van der Waals surface area contributed by atoms with Gasteiger partial charge in [-0.25, -0.2) is 0 Å². The second-order valence-electron chi connectivity index (χ2n) is 4.66. The van der Waals surface area contributed by atoms with Crippen LogP contribution in [0.3, 0.4) is 0 Å². The van der Waals surface area contributed by atoms with Crippen molar-refractivity contribution in [2.45, 2.75) is 20.3 Å². The molecular formula is C13H27N5. The second kappa shape index (κ2) is 10.2. The average molecular weight is 253 g/mol. The van der Waals surface area contributed by atoms with Crippen molar-refractivity contribution in [1.82, 2.24) is 16.0 Å². The van der Waals surface area contributed by atoms with Gasteiger partial charge in [0.1, 0.15) is 0 Å². The molecule has 18 heavy (non-hydrogen) atoms. The highest BCUT2D eigenvalue weighted by molar-refractivity contribution is 6.02. The standard InChI is InChI=1S/C13H27N5/c1-12-11-13(2)18-10-8-16-6-4-14-3-5-15-7-9-17-12/h14-16H,3-11H2,1-2H3. The summed E-state index contributed by atoms with van der Waals surface area (Å²) in [7, 11) is 0. The van der Waals surface area contributed by atoms with E-state index < -0.39 is 0 Å². The van der Waals surface area contributed by atoms with Gasteiger partial charge in [0.15, 0.2) is 0 Å². The first-order chi connectivity index (χ1) is 8.79. The van der Waals surface area contributed by atoms with Crippen LogP contribution in [0.15, 0.2) is 9.98 Å². The van der Waals surface area contributed by atoms with Gasteiger partial charge in [0, 0.05) is 57.1 Å². The van der Waals surface area contributed by atoms with Crippen molar-refractivity contribution in [1.29, 1.82) is 0 Å². The Kier molecular flexibility index (Phi) is 8.63. The maximum absolute atomic E-state index is 4.54. The zero-order valence-electron chi connectivity index (χ0n) is 11.8. The zero-order chi connectivity index (χ0) is 13.1. The van der Waals surface area contributed by atoms with E-state index in [-0.39, 0.29) is 0 Å². The van der Waals surface area contributed by atoms with E-state index in [9.17, 15) is 0 Å². The molecule has 104 valence electrons. The summed E-state index contributed by atoms with van der Waals surface area (Å²) >= 11 is 0. The molecule has 0 aromatic rings. The fourth-order valence-corrected chi connectivity index (χ4v) is 1.86. The first kappa shape index (κ1) is 15.3. The SMILES string of the molecule is CC1=NCCNCCNCCNCCN=C(C)C1. The smallest absolute Gasteiger partial charge is 0.0513 e. The number of nitrogens with one attached hydrogen (secondary N) is 3. The summed E-state index contributed by atoms with van der Waals surface area (Å²) < 4.78 is 0. The van der Waals surface area contributed by atoms with Crippen molar-refractivity contribution in [3.8, 4) is 0 Å². The summed E-state index contributed by atoms with van der Waals surface area (Å²) in [4.78, 5) is 9.08. The topological polar surface area (TPSA) is 60.8 Å². The molecular weight excluding hydrogens is 226 g/mol. The summed E-state index contributed by atoms with van der Waals surface area (Å²) in [5, 5.41) is 10.1. The van der Waals surface area contributed by atoms with E-state index in [1.807, 2.05) is 0 Å². The van der Waals surface area contributed by atoms with Gasteiger partial charge in [-0.2, -0.15) is 0 Å². The number of nitrogens with zero attached hydrogens (tertiary/aromatic N) is 2. The van der Waals surface area contributed by atoms with Crippen molar-refractivity contribution in [3.63, 3.8) is 0 Å². The highest BCUT2D eigenvalue weighted by Gasteiger charge is 1.96. The van der Waals surface area contributed by atoms with Crippen molar-refractivity contribution in [2.75, 3.05) is 52.4 Å². The van der Waals surface area contributed by atoms with E-state index in [2.05, 4.69) is 39.8 Å². The molecule has 0 saturated heterocycles. The van der Waals surface area contributed by atoms with Crippen LogP contribution in [0.1, 0.15) is 20.3 Å². The highest BCUT2D eigenvalue weighted by Crippen LogP contribution is 1.91. The summed E-state index contributed by atoms with van der Waals surface area (Å²) in [5.74, 6) is 0. The van der Waals surface area contributed by atoms with Crippen LogP contribution in [0.4, 0.5) is 0 Å². The van der Waals surface area contributed by atoms with Crippen LogP contribution in [-0.4, -0.2) is 63.8 Å². The van der Waals surface area contributed by atoms with Gasteiger partial charge in [0.25, 0.3) is 0 Å². The lowest BCUT2D eigenvalue weighted by Crippen LogP contribution is -2.34. The number of hydrogen-bond acceptors (Lipinski definition) is 5. The van der Waals surface area contributed by atoms with Crippen molar-refractivity contribution in [2.24, 2.45) is 9.98 Å². The van der Waals surface area contributed by atoms with Gasteiger partial charge >= 0.3 is 0 Å². The fraction of sp³-hybridized carbons (Fsp3) is 0.846. The average Bonchev–Trinajstić information content (AvgIpc) is 2.33. The van der Waals surface area contributed by atoms with Gasteiger partial charge in [-0.3, -0.25) is 9.98 Å². The number of hydrogen-bond donors (Lipinski definition) is 3. The molecule has 0 radical (unpaired) electrons. The molecule has 0 bridgehead atoms. The van der Waals surface area contributed by atoms with Crippen molar-refractivity contribution < 1.29 is 0 Å². The molecule has 0 amide bonds. The molecule has 1 rings (SSSR count). The van der Waals surface area contributed by atoms with E-state index in [1.54, 1.807) is 0 Å². The van der Waals surface area contributed by atoms with Gasteiger partial charge in [-0.1, -0.05) is 0 Å². The van der Waals surface area contributed by atoms with Gasteiger partial charge in [0.2, 0.25) is 0 Å². The van der Waals surface area contributed by atoms with Crippen molar-refractivity contribution in [3.05, 3.63) is 0 Å².